The smallest absolute Gasteiger partial charge is 0.247 e. The van der Waals surface area contributed by atoms with Gasteiger partial charge < -0.3 is 10.2 Å². The van der Waals surface area contributed by atoms with Crippen LogP contribution in [0.15, 0.2) is 30.3 Å². The SMILES string of the molecule is CCCC1(C(=O)N(CCC#N)c2ccccc2)CCCN1. The van der Waals surface area contributed by atoms with Crippen LogP contribution in [0.5, 0.6) is 0 Å². The molecule has 1 saturated heterocycles. The van der Waals surface area contributed by atoms with Crippen LogP contribution in [-0.4, -0.2) is 24.5 Å². The number of rotatable bonds is 6. The molecule has 1 amide bonds. The molecule has 1 aliphatic rings. The lowest BCUT2D eigenvalue weighted by molar-refractivity contribution is -0.124. The highest BCUT2D eigenvalue weighted by Gasteiger charge is 2.42. The molecule has 0 aliphatic carbocycles. The number of carbonyl (C=O) groups is 1. The van der Waals surface area contributed by atoms with E-state index in [1.807, 2.05) is 30.3 Å². The normalized spacial score (nSPS) is 21.0. The summed E-state index contributed by atoms with van der Waals surface area (Å²) in [5.41, 5.74) is 0.432. The Kier molecular flexibility index (Phi) is 5.35. The molecule has 4 nitrogen and oxygen atoms in total. The van der Waals surface area contributed by atoms with Crippen molar-refractivity contribution in [2.24, 2.45) is 0 Å². The molecule has 1 unspecified atom stereocenters. The summed E-state index contributed by atoms with van der Waals surface area (Å²) in [7, 11) is 0. The van der Waals surface area contributed by atoms with Crippen LogP contribution in [0.4, 0.5) is 5.69 Å². The molecule has 0 saturated carbocycles. The van der Waals surface area contributed by atoms with Crippen molar-refractivity contribution in [3.63, 3.8) is 0 Å². The van der Waals surface area contributed by atoms with Gasteiger partial charge in [0.2, 0.25) is 5.91 Å². The van der Waals surface area contributed by atoms with Gasteiger partial charge in [0.05, 0.1) is 18.0 Å². The third-order valence-corrected chi connectivity index (χ3v) is 4.09. The van der Waals surface area contributed by atoms with Gasteiger partial charge in [0.1, 0.15) is 0 Å². The standard InChI is InChI=1S/C17H23N3O/c1-2-10-17(11-6-13-19-17)16(21)20(14-7-12-18)15-8-4-3-5-9-15/h3-5,8-9,19H,2,6-7,10-11,13-14H2,1H3. The monoisotopic (exact) mass is 285 g/mol. The molecule has 1 aliphatic heterocycles. The zero-order valence-corrected chi connectivity index (χ0v) is 12.6. The fourth-order valence-electron chi connectivity index (χ4n) is 3.11. The maximum Gasteiger partial charge on any atom is 0.247 e. The first-order valence-electron chi connectivity index (χ1n) is 7.72. The Morgan fingerprint density at radius 3 is 2.76 bits per heavy atom. The van der Waals surface area contributed by atoms with Crippen LogP contribution in [0.3, 0.4) is 0 Å². The number of nitriles is 1. The fourth-order valence-corrected chi connectivity index (χ4v) is 3.11. The largest absolute Gasteiger partial charge is 0.310 e. The molecule has 1 fully saturated rings. The maximum absolute atomic E-state index is 13.1. The third kappa shape index (κ3) is 3.43. The maximum atomic E-state index is 13.1. The lowest BCUT2D eigenvalue weighted by Gasteiger charge is -2.34. The van der Waals surface area contributed by atoms with E-state index >= 15 is 0 Å². The Morgan fingerprint density at radius 1 is 1.43 bits per heavy atom. The first kappa shape index (κ1) is 15.5. The Bertz CT molecular complexity index is 501. The highest BCUT2D eigenvalue weighted by molar-refractivity contribution is 6.00. The van der Waals surface area contributed by atoms with Crippen molar-refractivity contribution in [1.29, 1.82) is 5.26 Å². The number of hydrogen-bond donors (Lipinski definition) is 1. The molecule has 1 heterocycles. The molecule has 21 heavy (non-hydrogen) atoms. The molecule has 2 rings (SSSR count). The van der Waals surface area contributed by atoms with Crippen LogP contribution in [0.25, 0.3) is 0 Å². The van der Waals surface area contributed by atoms with E-state index in [2.05, 4.69) is 18.3 Å². The van der Waals surface area contributed by atoms with Crippen molar-refractivity contribution in [3.8, 4) is 6.07 Å². The predicted octanol–water partition coefficient (Wildman–Crippen LogP) is 2.86. The molecule has 112 valence electrons. The van der Waals surface area contributed by atoms with Gasteiger partial charge in [-0.15, -0.1) is 0 Å². The molecule has 0 spiro atoms. The molecular weight excluding hydrogens is 262 g/mol. The lowest BCUT2D eigenvalue weighted by Crippen LogP contribution is -2.55. The Balaban J connectivity index is 2.27. The predicted molar refractivity (Wildman–Crippen MR) is 83.9 cm³/mol. The number of nitrogens with one attached hydrogen (secondary N) is 1. The van der Waals surface area contributed by atoms with Gasteiger partial charge >= 0.3 is 0 Å². The van der Waals surface area contributed by atoms with E-state index in [-0.39, 0.29) is 5.91 Å². The Labute approximate surface area is 126 Å². The number of hydrogen-bond acceptors (Lipinski definition) is 3. The van der Waals surface area contributed by atoms with Crippen LogP contribution in [0, 0.1) is 11.3 Å². The summed E-state index contributed by atoms with van der Waals surface area (Å²) in [6.07, 6.45) is 4.09. The van der Waals surface area contributed by atoms with Gasteiger partial charge in [0.15, 0.2) is 0 Å². The number of para-hydroxylation sites is 1. The van der Waals surface area contributed by atoms with Gasteiger partial charge in [-0.2, -0.15) is 5.26 Å². The van der Waals surface area contributed by atoms with Crippen molar-refractivity contribution in [2.75, 3.05) is 18.0 Å². The summed E-state index contributed by atoms with van der Waals surface area (Å²) in [6, 6.07) is 11.8. The molecule has 1 aromatic rings. The second kappa shape index (κ2) is 7.24. The minimum Gasteiger partial charge on any atom is -0.310 e. The molecule has 0 radical (unpaired) electrons. The van der Waals surface area contributed by atoms with Gasteiger partial charge in [-0.1, -0.05) is 31.5 Å². The molecule has 1 aromatic carbocycles. The molecule has 1 atom stereocenters. The minimum atomic E-state index is -0.444. The second-order valence-corrected chi connectivity index (χ2v) is 5.56. The van der Waals surface area contributed by atoms with Crippen molar-refractivity contribution in [1.82, 2.24) is 5.32 Å². The van der Waals surface area contributed by atoms with Crippen molar-refractivity contribution >= 4 is 11.6 Å². The Hall–Kier alpha value is -1.86. The zero-order valence-electron chi connectivity index (χ0n) is 12.6. The fraction of sp³-hybridized carbons (Fsp3) is 0.529. The van der Waals surface area contributed by atoms with Gasteiger partial charge in [0.25, 0.3) is 0 Å². The summed E-state index contributed by atoms with van der Waals surface area (Å²) in [5.74, 6) is 0.114. The average Bonchev–Trinajstić information content (AvgIpc) is 2.99. The second-order valence-electron chi connectivity index (χ2n) is 5.56. The summed E-state index contributed by atoms with van der Waals surface area (Å²) in [6.45, 7) is 3.45. The van der Waals surface area contributed by atoms with Crippen LogP contribution >= 0.6 is 0 Å². The first-order valence-corrected chi connectivity index (χ1v) is 7.72. The van der Waals surface area contributed by atoms with E-state index in [1.54, 1.807) is 4.90 Å². The van der Waals surface area contributed by atoms with Gasteiger partial charge in [-0.25, -0.2) is 0 Å². The average molecular weight is 285 g/mol. The highest BCUT2D eigenvalue weighted by Crippen LogP contribution is 2.29. The number of amides is 1. The molecule has 0 bridgehead atoms. The summed E-state index contributed by atoms with van der Waals surface area (Å²) in [4.78, 5) is 14.9. The van der Waals surface area contributed by atoms with Crippen LogP contribution in [0.1, 0.15) is 39.0 Å². The number of carbonyl (C=O) groups excluding carboxylic acids is 1. The topological polar surface area (TPSA) is 56.1 Å². The highest BCUT2D eigenvalue weighted by atomic mass is 16.2. The number of anilines is 1. The molecule has 1 N–H and O–H groups in total. The van der Waals surface area contributed by atoms with E-state index in [0.29, 0.717) is 13.0 Å². The van der Waals surface area contributed by atoms with E-state index < -0.39 is 5.54 Å². The quantitative estimate of drug-likeness (QED) is 0.874. The van der Waals surface area contributed by atoms with Crippen LogP contribution in [0.2, 0.25) is 0 Å². The Morgan fingerprint density at radius 2 is 2.19 bits per heavy atom. The van der Waals surface area contributed by atoms with Gasteiger partial charge in [0, 0.05) is 12.2 Å². The van der Waals surface area contributed by atoms with Crippen molar-refractivity contribution in [2.45, 2.75) is 44.6 Å². The zero-order chi connectivity index (χ0) is 15.1. The third-order valence-electron chi connectivity index (χ3n) is 4.09. The molecular formula is C17H23N3O. The van der Waals surface area contributed by atoms with E-state index in [0.717, 1.165) is 37.9 Å². The first-order chi connectivity index (χ1) is 10.2. The van der Waals surface area contributed by atoms with E-state index in [9.17, 15) is 4.79 Å². The van der Waals surface area contributed by atoms with E-state index in [4.69, 9.17) is 5.26 Å². The van der Waals surface area contributed by atoms with Crippen molar-refractivity contribution < 1.29 is 4.79 Å². The van der Waals surface area contributed by atoms with Crippen LogP contribution < -0.4 is 10.2 Å². The molecule has 0 aromatic heterocycles. The van der Waals surface area contributed by atoms with E-state index in [1.165, 1.54) is 0 Å². The van der Waals surface area contributed by atoms with Crippen LogP contribution in [-0.2, 0) is 4.79 Å². The summed E-state index contributed by atoms with van der Waals surface area (Å²) < 4.78 is 0. The summed E-state index contributed by atoms with van der Waals surface area (Å²) in [5, 5.41) is 12.3. The van der Waals surface area contributed by atoms with Crippen molar-refractivity contribution in [3.05, 3.63) is 30.3 Å². The van der Waals surface area contributed by atoms with Gasteiger partial charge in [-0.3, -0.25) is 4.79 Å². The van der Waals surface area contributed by atoms with Gasteiger partial charge in [-0.05, 0) is 37.9 Å². The number of nitrogens with zero attached hydrogens (tertiary/aromatic N) is 2. The minimum absolute atomic E-state index is 0.114. The lowest BCUT2D eigenvalue weighted by atomic mass is 9.90. The number of benzene rings is 1. The molecule has 4 heteroatoms. The summed E-state index contributed by atoms with van der Waals surface area (Å²) >= 11 is 0.